The smallest absolute Gasteiger partial charge is 0.206 e. The van der Waals surface area contributed by atoms with Gasteiger partial charge in [-0.3, -0.25) is 0 Å². The first-order valence-corrected chi connectivity index (χ1v) is 9.39. The Balaban J connectivity index is 1.35. The van der Waals surface area contributed by atoms with E-state index in [0.29, 0.717) is 11.8 Å². The topological polar surface area (TPSA) is 51.0 Å². The fourth-order valence-corrected chi connectivity index (χ4v) is 4.99. The molecule has 1 N–H and O–H groups in total. The molecule has 0 amide bonds. The minimum atomic E-state index is 0.593. The summed E-state index contributed by atoms with van der Waals surface area (Å²) in [5.74, 6) is 0.901. The van der Waals surface area contributed by atoms with Crippen molar-refractivity contribution < 1.29 is 4.42 Å². The number of aromatic nitrogens is 2. The van der Waals surface area contributed by atoms with Crippen molar-refractivity contribution in [3.63, 3.8) is 0 Å². The van der Waals surface area contributed by atoms with Crippen LogP contribution in [0.1, 0.15) is 23.3 Å². The molecule has 2 aromatic heterocycles. The molecule has 23 heavy (non-hydrogen) atoms. The second-order valence-corrected chi connectivity index (χ2v) is 8.08. The van der Waals surface area contributed by atoms with E-state index in [-0.39, 0.29) is 0 Å². The number of fused-ring (bicyclic) bond motifs is 1. The maximum Gasteiger partial charge on any atom is 0.206 e. The van der Waals surface area contributed by atoms with Gasteiger partial charge in [-0.15, -0.1) is 10.2 Å². The normalized spacial score (nSPS) is 17.0. The Hall–Kier alpha value is -1.79. The van der Waals surface area contributed by atoms with Gasteiger partial charge in [-0.2, -0.15) is 0 Å². The van der Waals surface area contributed by atoms with Gasteiger partial charge in [-0.05, 0) is 42.5 Å². The van der Waals surface area contributed by atoms with Crippen LogP contribution in [-0.2, 0) is 19.4 Å². The van der Waals surface area contributed by atoms with Crippen molar-refractivity contribution in [3.05, 3.63) is 59.5 Å². The summed E-state index contributed by atoms with van der Waals surface area (Å²) in [6.07, 6.45) is 5.17. The maximum atomic E-state index is 5.31. The summed E-state index contributed by atoms with van der Waals surface area (Å²) in [6.45, 7) is 0.642. The van der Waals surface area contributed by atoms with Crippen LogP contribution >= 0.6 is 23.1 Å². The summed E-state index contributed by atoms with van der Waals surface area (Å²) < 4.78 is 6.34. The zero-order chi connectivity index (χ0) is 15.5. The number of nitrogens with one attached hydrogen (secondary N) is 1. The Labute approximate surface area is 143 Å². The summed E-state index contributed by atoms with van der Waals surface area (Å²) in [5.41, 5.74) is 2.99. The lowest BCUT2D eigenvalue weighted by Crippen LogP contribution is -2.15. The number of hydrogen-bond donors (Lipinski definition) is 1. The highest BCUT2D eigenvalue weighted by Crippen LogP contribution is 2.35. The number of anilines is 1. The van der Waals surface area contributed by atoms with Crippen molar-refractivity contribution in [2.24, 2.45) is 0 Å². The van der Waals surface area contributed by atoms with E-state index in [1.165, 1.54) is 17.5 Å². The Morgan fingerprint density at radius 1 is 1.17 bits per heavy atom. The van der Waals surface area contributed by atoms with E-state index < -0.39 is 0 Å². The molecule has 1 aliphatic rings. The second-order valence-electron chi connectivity index (χ2n) is 5.56. The molecule has 0 bridgehead atoms. The van der Waals surface area contributed by atoms with Crippen LogP contribution in [0.2, 0.25) is 0 Å². The van der Waals surface area contributed by atoms with Crippen molar-refractivity contribution in [2.75, 3.05) is 5.32 Å². The zero-order valence-corrected chi connectivity index (χ0v) is 14.2. The monoisotopic (exact) mass is 343 g/mol. The largest absolute Gasteiger partial charge is 0.467 e. The average molecular weight is 343 g/mol. The molecule has 6 heteroatoms. The zero-order valence-electron chi connectivity index (χ0n) is 12.6. The van der Waals surface area contributed by atoms with E-state index in [4.69, 9.17) is 4.42 Å². The van der Waals surface area contributed by atoms with E-state index in [9.17, 15) is 0 Å². The van der Waals surface area contributed by atoms with Gasteiger partial charge in [0.15, 0.2) is 4.34 Å². The first kappa shape index (κ1) is 14.8. The average Bonchev–Trinajstić information content (AvgIpc) is 3.24. The number of rotatable bonds is 5. The van der Waals surface area contributed by atoms with Gasteiger partial charge in [-0.1, -0.05) is 47.4 Å². The molecule has 4 nitrogen and oxygen atoms in total. The van der Waals surface area contributed by atoms with Gasteiger partial charge in [0, 0.05) is 5.25 Å². The van der Waals surface area contributed by atoms with Crippen LogP contribution in [0.25, 0.3) is 0 Å². The highest BCUT2D eigenvalue weighted by Gasteiger charge is 2.20. The molecule has 1 aromatic carbocycles. The van der Waals surface area contributed by atoms with E-state index in [1.807, 2.05) is 23.9 Å². The summed E-state index contributed by atoms with van der Waals surface area (Å²) in [6, 6.07) is 12.6. The van der Waals surface area contributed by atoms with E-state index in [2.05, 4.69) is 39.8 Å². The lowest BCUT2D eigenvalue weighted by Gasteiger charge is -2.22. The van der Waals surface area contributed by atoms with E-state index in [1.54, 1.807) is 17.6 Å². The fraction of sp³-hybridized carbons (Fsp3) is 0.294. The SMILES string of the molecule is c1coc(CNc2nnc(S[C@H]3CCc4ccccc4C3)s2)c1. The predicted octanol–water partition coefficient (Wildman–Crippen LogP) is 4.39. The third-order valence-corrected chi connectivity index (χ3v) is 6.20. The van der Waals surface area contributed by atoms with E-state index >= 15 is 0 Å². The number of nitrogens with zero attached hydrogens (tertiary/aromatic N) is 2. The Bertz CT molecular complexity index is 770. The molecule has 2 heterocycles. The summed E-state index contributed by atoms with van der Waals surface area (Å²) in [5, 5.41) is 13.2. The number of thioether (sulfide) groups is 1. The standard InChI is InChI=1S/C17H17N3OS2/c1-2-5-13-10-15(8-7-12(13)4-1)22-17-20-19-16(23-17)18-11-14-6-3-9-21-14/h1-6,9,15H,7-8,10-11H2,(H,18,19)/t15-/m0/s1. The van der Waals surface area contributed by atoms with Crippen LogP contribution in [0.3, 0.4) is 0 Å². The van der Waals surface area contributed by atoms with Crippen LogP contribution in [-0.4, -0.2) is 15.4 Å². The van der Waals surface area contributed by atoms with Gasteiger partial charge >= 0.3 is 0 Å². The third kappa shape index (κ3) is 3.59. The molecule has 0 saturated heterocycles. The molecule has 0 spiro atoms. The first-order chi connectivity index (χ1) is 11.4. The number of benzene rings is 1. The molecule has 1 aliphatic carbocycles. The molecular formula is C17H17N3OS2. The lowest BCUT2D eigenvalue weighted by molar-refractivity contribution is 0.518. The molecule has 118 valence electrons. The van der Waals surface area contributed by atoms with Crippen LogP contribution in [0.4, 0.5) is 5.13 Å². The van der Waals surface area contributed by atoms with Gasteiger partial charge in [-0.25, -0.2) is 0 Å². The maximum absolute atomic E-state index is 5.31. The van der Waals surface area contributed by atoms with Gasteiger partial charge in [0.2, 0.25) is 5.13 Å². The van der Waals surface area contributed by atoms with E-state index in [0.717, 1.165) is 28.1 Å². The quantitative estimate of drug-likeness (QED) is 0.744. The van der Waals surface area contributed by atoms with Crippen LogP contribution in [0.15, 0.2) is 51.4 Å². The summed E-state index contributed by atoms with van der Waals surface area (Å²) >= 11 is 3.47. The number of hydrogen-bond acceptors (Lipinski definition) is 6. The molecule has 0 saturated carbocycles. The minimum Gasteiger partial charge on any atom is -0.467 e. The van der Waals surface area contributed by atoms with Crippen molar-refractivity contribution in [2.45, 2.75) is 35.4 Å². The lowest BCUT2D eigenvalue weighted by atomic mass is 9.92. The van der Waals surface area contributed by atoms with Crippen LogP contribution < -0.4 is 5.32 Å². The molecule has 3 aromatic rings. The molecule has 0 aliphatic heterocycles. The van der Waals surface area contributed by atoms with Gasteiger partial charge in [0.1, 0.15) is 5.76 Å². The Morgan fingerprint density at radius 2 is 2.09 bits per heavy atom. The molecule has 0 unspecified atom stereocenters. The summed E-state index contributed by atoms with van der Waals surface area (Å²) in [7, 11) is 0. The van der Waals surface area contributed by atoms with Gasteiger partial charge in [0.05, 0.1) is 12.8 Å². The van der Waals surface area contributed by atoms with Gasteiger partial charge < -0.3 is 9.73 Å². The highest BCUT2D eigenvalue weighted by atomic mass is 32.2. The second kappa shape index (κ2) is 6.76. The predicted molar refractivity (Wildman–Crippen MR) is 94.1 cm³/mol. The minimum absolute atomic E-state index is 0.593. The van der Waals surface area contributed by atoms with Crippen molar-refractivity contribution in [1.29, 1.82) is 0 Å². The van der Waals surface area contributed by atoms with Crippen LogP contribution in [0, 0.1) is 0 Å². The van der Waals surface area contributed by atoms with Gasteiger partial charge in [0.25, 0.3) is 0 Å². The van der Waals surface area contributed by atoms with Crippen LogP contribution in [0.5, 0.6) is 0 Å². The number of aryl methyl sites for hydroxylation is 1. The van der Waals surface area contributed by atoms with Crippen molar-refractivity contribution in [1.82, 2.24) is 10.2 Å². The third-order valence-electron chi connectivity index (χ3n) is 3.97. The Morgan fingerprint density at radius 3 is 2.96 bits per heavy atom. The molecule has 0 radical (unpaired) electrons. The first-order valence-electron chi connectivity index (χ1n) is 7.70. The Kier molecular flexibility index (Phi) is 4.35. The molecule has 4 rings (SSSR count). The van der Waals surface area contributed by atoms with Crippen molar-refractivity contribution in [3.8, 4) is 0 Å². The van der Waals surface area contributed by atoms with Crippen molar-refractivity contribution >= 4 is 28.2 Å². The molecule has 1 atom stereocenters. The molecular weight excluding hydrogens is 326 g/mol. The molecule has 0 fully saturated rings. The fourth-order valence-electron chi connectivity index (χ4n) is 2.81. The number of furan rings is 1. The highest BCUT2D eigenvalue weighted by molar-refractivity contribution is 8.01. The summed E-state index contributed by atoms with van der Waals surface area (Å²) in [4.78, 5) is 0.